The van der Waals surface area contributed by atoms with Crippen LogP contribution >= 0.6 is 22.6 Å². The van der Waals surface area contributed by atoms with E-state index in [1.807, 2.05) is 10.9 Å². The van der Waals surface area contributed by atoms with Crippen molar-refractivity contribution in [3.63, 3.8) is 0 Å². The maximum absolute atomic E-state index is 5.38. The highest BCUT2D eigenvalue weighted by atomic mass is 127. The number of rotatable bonds is 1. The van der Waals surface area contributed by atoms with E-state index in [1.54, 1.807) is 0 Å². The first-order chi connectivity index (χ1) is 5.86. The predicted octanol–water partition coefficient (Wildman–Crippen LogP) is 1.84. The summed E-state index contributed by atoms with van der Waals surface area (Å²) in [5.74, 6) is 0. The van der Waals surface area contributed by atoms with Crippen molar-refractivity contribution in [2.45, 2.75) is 18.9 Å². The highest BCUT2D eigenvalue weighted by Gasteiger charge is 2.15. The molecule has 0 aliphatic carbocycles. The van der Waals surface area contributed by atoms with Crippen LogP contribution in [0.4, 0.5) is 0 Å². The average molecular weight is 278 g/mol. The summed E-state index contributed by atoms with van der Waals surface area (Å²) in [6.45, 7) is 1.73. The Kier molecular flexibility index (Phi) is 2.65. The van der Waals surface area contributed by atoms with Gasteiger partial charge in [0.05, 0.1) is 22.4 Å². The summed E-state index contributed by atoms with van der Waals surface area (Å²) in [5.41, 5.74) is 0. The number of aromatic nitrogens is 2. The molecule has 1 aliphatic heterocycles. The molecule has 2 rings (SSSR count). The van der Waals surface area contributed by atoms with E-state index in [0.717, 1.165) is 19.6 Å². The van der Waals surface area contributed by atoms with Gasteiger partial charge >= 0.3 is 0 Å². The Bertz CT molecular complexity index is 255. The van der Waals surface area contributed by atoms with Crippen molar-refractivity contribution in [2.24, 2.45) is 0 Å². The van der Waals surface area contributed by atoms with Crippen molar-refractivity contribution in [1.82, 2.24) is 9.78 Å². The smallest absolute Gasteiger partial charge is 0.0753 e. The molecule has 1 aromatic rings. The van der Waals surface area contributed by atoms with Crippen LogP contribution in [0.2, 0.25) is 0 Å². The summed E-state index contributed by atoms with van der Waals surface area (Å²) in [6, 6.07) is 0.460. The second kappa shape index (κ2) is 3.74. The molecule has 1 aromatic heterocycles. The van der Waals surface area contributed by atoms with Gasteiger partial charge in [-0.05, 0) is 35.4 Å². The maximum Gasteiger partial charge on any atom is 0.0753 e. The minimum absolute atomic E-state index is 0.460. The number of hydrogen-bond donors (Lipinski definition) is 0. The quantitative estimate of drug-likeness (QED) is 0.733. The van der Waals surface area contributed by atoms with E-state index in [-0.39, 0.29) is 0 Å². The van der Waals surface area contributed by atoms with E-state index in [1.165, 1.54) is 9.99 Å². The molecule has 1 unspecified atom stereocenters. The molecule has 12 heavy (non-hydrogen) atoms. The molecule has 0 aromatic carbocycles. The summed E-state index contributed by atoms with van der Waals surface area (Å²) in [6.07, 6.45) is 6.30. The first kappa shape index (κ1) is 8.50. The van der Waals surface area contributed by atoms with Crippen LogP contribution in [-0.2, 0) is 4.74 Å². The minimum atomic E-state index is 0.460. The normalized spacial score (nSPS) is 24.2. The van der Waals surface area contributed by atoms with Crippen molar-refractivity contribution in [3.05, 3.63) is 16.0 Å². The van der Waals surface area contributed by atoms with Gasteiger partial charge in [-0.3, -0.25) is 4.68 Å². The number of hydrogen-bond acceptors (Lipinski definition) is 2. The van der Waals surface area contributed by atoms with Crippen LogP contribution in [0, 0.1) is 3.57 Å². The van der Waals surface area contributed by atoms with Crippen molar-refractivity contribution in [1.29, 1.82) is 0 Å². The van der Waals surface area contributed by atoms with Gasteiger partial charge in [-0.2, -0.15) is 5.10 Å². The van der Waals surface area contributed by atoms with Crippen molar-refractivity contribution >= 4 is 22.6 Å². The lowest BCUT2D eigenvalue weighted by Gasteiger charge is -2.22. The monoisotopic (exact) mass is 278 g/mol. The third-order valence-corrected chi connectivity index (χ3v) is 2.64. The summed E-state index contributed by atoms with van der Waals surface area (Å²) in [5, 5.41) is 4.27. The highest BCUT2D eigenvalue weighted by molar-refractivity contribution is 14.1. The van der Waals surface area contributed by atoms with Gasteiger partial charge in [0.15, 0.2) is 0 Å². The predicted molar refractivity (Wildman–Crippen MR) is 54.0 cm³/mol. The Morgan fingerprint density at radius 3 is 3.17 bits per heavy atom. The first-order valence-electron chi connectivity index (χ1n) is 4.13. The van der Waals surface area contributed by atoms with Crippen LogP contribution in [0.5, 0.6) is 0 Å². The first-order valence-corrected chi connectivity index (χ1v) is 5.21. The van der Waals surface area contributed by atoms with E-state index in [9.17, 15) is 0 Å². The second-order valence-corrected chi connectivity index (χ2v) is 4.26. The lowest BCUT2D eigenvalue weighted by atomic mass is 10.1. The Morgan fingerprint density at radius 2 is 2.58 bits per heavy atom. The number of ether oxygens (including phenoxy) is 1. The lowest BCUT2D eigenvalue weighted by Crippen LogP contribution is -2.21. The Balaban J connectivity index is 2.08. The Morgan fingerprint density at radius 1 is 1.67 bits per heavy atom. The summed E-state index contributed by atoms with van der Waals surface area (Å²) >= 11 is 2.27. The van der Waals surface area contributed by atoms with Gasteiger partial charge in [0.25, 0.3) is 0 Å². The molecule has 4 heteroatoms. The molecule has 0 saturated carbocycles. The zero-order chi connectivity index (χ0) is 8.39. The van der Waals surface area contributed by atoms with E-state index in [4.69, 9.17) is 4.74 Å². The molecule has 2 heterocycles. The molecular formula is C8H11IN2O. The van der Waals surface area contributed by atoms with E-state index >= 15 is 0 Å². The van der Waals surface area contributed by atoms with Crippen LogP contribution in [0.25, 0.3) is 0 Å². The fourth-order valence-electron chi connectivity index (χ4n) is 1.45. The molecule has 1 atom stereocenters. The minimum Gasteiger partial charge on any atom is -0.379 e. The van der Waals surface area contributed by atoms with Crippen LogP contribution in [0.3, 0.4) is 0 Å². The van der Waals surface area contributed by atoms with Crippen molar-refractivity contribution in [2.75, 3.05) is 13.2 Å². The molecule has 0 amide bonds. The topological polar surface area (TPSA) is 27.1 Å². The third kappa shape index (κ3) is 1.80. The van der Waals surface area contributed by atoms with Crippen LogP contribution in [0.15, 0.2) is 12.4 Å². The molecule has 0 spiro atoms. The van der Waals surface area contributed by atoms with Gasteiger partial charge in [0, 0.05) is 12.8 Å². The lowest BCUT2D eigenvalue weighted by molar-refractivity contribution is 0.0549. The fraction of sp³-hybridized carbons (Fsp3) is 0.625. The van der Waals surface area contributed by atoms with Gasteiger partial charge < -0.3 is 4.74 Å². The largest absolute Gasteiger partial charge is 0.379 e. The third-order valence-electron chi connectivity index (χ3n) is 2.08. The van der Waals surface area contributed by atoms with E-state index in [0.29, 0.717) is 6.04 Å². The second-order valence-electron chi connectivity index (χ2n) is 3.01. The molecule has 1 saturated heterocycles. The molecule has 0 N–H and O–H groups in total. The standard InChI is InChI=1S/C8H11IN2O/c9-7-4-10-11(5-7)8-2-1-3-12-6-8/h4-5,8H,1-3,6H2. The molecule has 3 nitrogen and oxygen atoms in total. The zero-order valence-electron chi connectivity index (χ0n) is 6.74. The summed E-state index contributed by atoms with van der Waals surface area (Å²) in [4.78, 5) is 0. The van der Waals surface area contributed by atoms with Gasteiger partial charge in [-0.25, -0.2) is 0 Å². The molecule has 1 fully saturated rings. The number of halogens is 1. The van der Waals surface area contributed by atoms with Crippen molar-refractivity contribution in [3.8, 4) is 0 Å². The van der Waals surface area contributed by atoms with Gasteiger partial charge in [0.2, 0.25) is 0 Å². The summed E-state index contributed by atoms with van der Waals surface area (Å²) in [7, 11) is 0. The van der Waals surface area contributed by atoms with Gasteiger partial charge in [0.1, 0.15) is 0 Å². The molecular weight excluding hydrogens is 267 g/mol. The van der Waals surface area contributed by atoms with Crippen LogP contribution < -0.4 is 0 Å². The molecule has 66 valence electrons. The van der Waals surface area contributed by atoms with E-state index < -0.39 is 0 Å². The molecule has 0 radical (unpaired) electrons. The summed E-state index contributed by atoms with van der Waals surface area (Å²) < 4.78 is 8.59. The molecule has 1 aliphatic rings. The number of nitrogens with zero attached hydrogens (tertiary/aromatic N) is 2. The Hall–Kier alpha value is -0.100. The fourth-order valence-corrected chi connectivity index (χ4v) is 1.86. The molecule has 0 bridgehead atoms. The SMILES string of the molecule is Ic1cnn(C2CCCOC2)c1. The highest BCUT2D eigenvalue weighted by Crippen LogP contribution is 2.18. The van der Waals surface area contributed by atoms with Crippen molar-refractivity contribution < 1.29 is 4.74 Å². The van der Waals surface area contributed by atoms with Gasteiger partial charge in [-0.15, -0.1) is 0 Å². The maximum atomic E-state index is 5.38. The zero-order valence-corrected chi connectivity index (χ0v) is 8.90. The van der Waals surface area contributed by atoms with Crippen LogP contribution in [-0.4, -0.2) is 23.0 Å². The van der Waals surface area contributed by atoms with E-state index in [2.05, 4.69) is 33.9 Å². The Labute approximate surface area is 85.2 Å². The van der Waals surface area contributed by atoms with Crippen LogP contribution in [0.1, 0.15) is 18.9 Å². The average Bonchev–Trinajstić information content (AvgIpc) is 2.54. The van der Waals surface area contributed by atoms with Gasteiger partial charge in [-0.1, -0.05) is 0 Å².